The van der Waals surface area contributed by atoms with Gasteiger partial charge in [0.2, 0.25) is 0 Å². The minimum Gasteiger partial charge on any atom is -0.396 e. The summed E-state index contributed by atoms with van der Waals surface area (Å²) in [5, 5.41) is 3.46. The molecule has 2 aliphatic rings. The number of fused-ring (bicyclic) bond motifs is 2. The summed E-state index contributed by atoms with van der Waals surface area (Å²) in [5.74, 6) is 0.853. The summed E-state index contributed by atoms with van der Waals surface area (Å²) in [6.45, 7) is 0. The molecule has 2 bridgehead atoms. The van der Waals surface area contributed by atoms with Crippen LogP contribution in [-0.2, 0) is 0 Å². The number of nitrogen functional groups attached to an aromatic ring is 1. The molecule has 5 N–H and O–H groups in total. The summed E-state index contributed by atoms with van der Waals surface area (Å²) in [6, 6.07) is 0.364. The van der Waals surface area contributed by atoms with E-state index in [2.05, 4.69) is 21.2 Å². The van der Waals surface area contributed by atoms with E-state index in [1.165, 1.54) is 19.3 Å². The van der Waals surface area contributed by atoms with Crippen molar-refractivity contribution in [3.8, 4) is 0 Å². The van der Waals surface area contributed by atoms with Gasteiger partial charge in [-0.2, -0.15) is 0 Å². The molecule has 1 aromatic heterocycles. The van der Waals surface area contributed by atoms with Crippen LogP contribution in [0.5, 0.6) is 0 Å². The van der Waals surface area contributed by atoms with E-state index in [-0.39, 0.29) is 26.6 Å². The summed E-state index contributed by atoms with van der Waals surface area (Å²) in [6.07, 6.45) is 4.92. The SMILES string of the molecule is Nc1c(Cl)c(Cl)nc(C(=O)NNC(=S)N[C@H]2C[C@@H]3CC[C@@H]2C3)c1Cl. The molecule has 0 aliphatic heterocycles. The third kappa shape index (κ3) is 3.49. The summed E-state index contributed by atoms with van der Waals surface area (Å²) >= 11 is 22.9. The highest BCUT2D eigenvalue weighted by atomic mass is 35.5. The molecule has 1 aromatic rings. The van der Waals surface area contributed by atoms with Gasteiger partial charge >= 0.3 is 0 Å². The largest absolute Gasteiger partial charge is 0.396 e. The van der Waals surface area contributed by atoms with Crippen LogP contribution in [0.4, 0.5) is 5.69 Å². The monoisotopic (exact) mass is 407 g/mol. The zero-order valence-corrected chi connectivity index (χ0v) is 15.6. The van der Waals surface area contributed by atoms with Crippen LogP contribution < -0.4 is 21.9 Å². The lowest BCUT2D eigenvalue weighted by Crippen LogP contribution is -2.51. The van der Waals surface area contributed by atoms with Gasteiger partial charge in [-0.3, -0.25) is 15.6 Å². The quantitative estimate of drug-likeness (QED) is 0.342. The molecule has 0 spiro atoms. The first-order chi connectivity index (χ1) is 11.4. The molecule has 2 fully saturated rings. The molecule has 1 amide bonds. The van der Waals surface area contributed by atoms with Crippen molar-refractivity contribution in [1.82, 2.24) is 21.2 Å². The maximum absolute atomic E-state index is 12.2. The number of nitrogens with two attached hydrogens (primary N) is 1. The maximum Gasteiger partial charge on any atom is 0.289 e. The zero-order valence-electron chi connectivity index (χ0n) is 12.5. The number of pyridine rings is 1. The number of nitrogens with one attached hydrogen (secondary N) is 3. The van der Waals surface area contributed by atoms with Crippen molar-refractivity contribution in [2.45, 2.75) is 31.7 Å². The van der Waals surface area contributed by atoms with Crippen LogP contribution >= 0.6 is 47.0 Å². The van der Waals surface area contributed by atoms with Gasteiger partial charge in [0.1, 0.15) is 5.02 Å². The number of aromatic nitrogens is 1. The minimum atomic E-state index is -0.609. The number of rotatable bonds is 2. The lowest BCUT2D eigenvalue weighted by molar-refractivity contribution is 0.0938. The number of nitrogens with zero attached hydrogens (tertiary/aromatic N) is 1. The number of anilines is 1. The Morgan fingerprint density at radius 3 is 2.54 bits per heavy atom. The molecule has 3 atom stereocenters. The van der Waals surface area contributed by atoms with Gasteiger partial charge in [0.15, 0.2) is 16.0 Å². The van der Waals surface area contributed by atoms with Crippen LogP contribution in [0.15, 0.2) is 0 Å². The number of hydrazine groups is 1. The molecule has 10 heteroatoms. The molecule has 2 aliphatic carbocycles. The third-order valence-corrected chi connectivity index (χ3v) is 5.99. The van der Waals surface area contributed by atoms with Crippen molar-refractivity contribution >= 4 is 63.7 Å². The van der Waals surface area contributed by atoms with Gasteiger partial charge in [0.25, 0.3) is 5.91 Å². The molecular formula is C14H16Cl3N5OS. The predicted octanol–water partition coefficient (Wildman–Crippen LogP) is 2.92. The van der Waals surface area contributed by atoms with Crippen LogP contribution in [0.25, 0.3) is 0 Å². The fraction of sp³-hybridized carbons (Fsp3) is 0.500. The highest BCUT2D eigenvalue weighted by molar-refractivity contribution is 7.80. The van der Waals surface area contributed by atoms with Gasteiger partial charge in [-0.1, -0.05) is 41.2 Å². The van der Waals surface area contributed by atoms with E-state index in [4.69, 9.17) is 52.8 Å². The van der Waals surface area contributed by atoms with Crippen molar-refractivity contribution < 1.29 is 4.79 Å². The van der Waals surface area contributed by atoms with Crippen LogP contribution in [0.3, 0.4) is 0 Å². The molecule has 0 radical (unpaired) electrons. The van der Waals surface area contributed by atoms with Crippen LogP contribution in [0, 0.1) is 11.8 Å². The molecule has 0 aromatic carbocycles. The Kier molecular flexibility index (Phi) is 5.24. The smallest absolute Gasteiger partial charge is 0.289 e. The Balaban J connectivity index is 1.57. The van der Waals surface area contributed by atoms with E-state index in [9.17, 15) is 4.79 Å². The van der Waals surface area contributed by atoms with Crippen molar-refractivity contribution in [3.05, 3.63) is 20.9 Å². The summed E-state index contributed by atoms with van der Waals surface area (Å²) in [7, 11) is 0. The first kappa shape index (κ1) is 17.8. The molecule has 0 unspecified atom stereocenters. The number of amides is 1. The van der Waals surface area contributed by atoms with E-state index >= 15 is 0 Å². The van der Waals surface area contributed by atoms with Crippen LogP contribution in [-0.4, -0.2) is 22.0 Å². The van der Waals surface area contributed by atoms with Gasteiger partial charge in [-0.05, 0) is 43.3 Å². The maximum atomic E-state index is 12.2. The van der Waals surface area contributed by atoms with E-state index in [1.807, 2.05) is 0 Å². The Hall–Kier alpha value is -1.02. The van der Waals surface area contributed by atoms with Crippen molar-refractivity contribution in [2.24, 2.45) is 11.8 Å². The first-order valence-corrected chi connectivity index (χ1v) is 9.07. The lowest BCUT2D eigenvalue weighted by Gasteiger charge is -2.24. The normalized spacial score (nSPS) is 24.7. The Morgan fingerprint density at radius 2 is 1.92 bits per heavy atom. The molecule has 24 heavy (non-hydrogen) atoms. The molecule has 1 heterocycles. The number of halogens is 3. The fourth-order valence-corrected chi connectivity index (χ4v) is 4.28. The standard InChI is InChI=1S/C14H16Cl3N5OS/c15-8-10(18)9(16)12(17)20-11(8)13(23)21-22-14(24)19-7-4-5-1-2-6(7)3-5/h5-7H,1-4H2,(H2,18,20)(H,21,23)(H2,19,22,24)/t5-,6-,7+/m1/s1. The van der Waals surface area contributed by atoms with E-state index < -0.39 is 5.91 Å². The van der Waals surface area contributed by atoms with Crippen LogP contribution in [0.2, 0.25) is 15.2 Å². The Labute approximate surface area is 159 Å². The average molecular weight is 409 g/mol. The highest BCUT2D eigenvalue weighted by Crippen LogP contribution is 2.44. The Morgan fingerprint density at radius 1 is 1.17 bits per heavy atom. The molecule has 130 valence electrons. The summed E-state index contributed by atoms with van der Waals surface area (Å²) in [5.41, 5.74) is 10.7. The number of carbonyl (C=O) groups excluding carboxylic acids is 1. The second-order valence-corrected chi connectivity index (χ2v) is 7.65. The van der Waals surface area contributed by atoms with Crippen molar-refractivity contribution in [2.75, 3.05) is 5.73 Å². The van der Waals surface area contributed by atoms with E-state index in [1.54, 1.807) is 0 Å². The molecular weight excluding hydrogens is 393 g/mol. The van der Waals surface area contributed by atoms with E-state index in [0.717, 1.165) is 12.3 Å². The molecule has 0 saturated heterocycles. The van der Waals surface area contributed by atoms with Crippen molar-refractivity contribution in [3.63, 3.8) is 0 Å². The molecule has 2 saturated carbocycles. The number of hydrogen-bond acceptors (Lipinski definition) is 4. The topological polar surface area (TPSA) is 92.1 Å². The predicted molar refractivity (Wildman–Crippen MR) is 99.3 cm³/mol. The second-order valence-electron chi connectivity index (χ2n) is 6.13. The number of hydrogen-bond donors (Lipinski definition) is 4. The summed E-state index contributed by atoms with van der Waals surface area (Å²) < 4.78 is 0. The molecule has 3 rings (SSSR count). The average Bonchev–Trinajstić information content (AvgIpc) is 3.16. The zero-order chi connectivity index (χ0) is 17.4. The van der Waals surface area contributed by atoms with Gasteiger partial charge in [-0.15, -0.1) is 0 Å². The number of thiocarbonyl (C=S) groups is 1. The van der Waals surface area contributed by atoms with E-state index in [0.29, 0.717) is 17.1 Å². The third-order valence-electron chi connectivity index (χ3n) is 4.63. The second kappa shape index (κ2) is 7.07. The van der Waals surface area contributed by atoms with Crippen LogP contribution in [0.1, 0.15) is 36.2 Å². The Bertz CT molecular complexity index is 701. The molecule has 6 nitrogen and oxygen atoms in total. The van der Waals surface area contributed by atoms with Gasteiger partial charge in [-0.25, -0.2) is 4.98 Å². The highest BCUT2D eigenvalue weighted by Gasteiger charge is 2.39. The van der Waals surface area contributed by atoms with Gasteiger partial charge in [0, 0.05) is 6.04 Å². The summed E-state index contributed by atoms with van der Waals surface area (Å²) in [4.78, 5) is 16.0. The fourth-order valence-electron chi connectivity index (χ4n) is 3.48. The van der Waals surface area contributed by atoms with Crippen molar-refractivity contribution in [1.29, 1.82) is 0 Å². The van der Waals surface area contributed by atoms with Gasteiger partial charge in [0.05, 0.1) is 10.7 Å². The lowest BCUT2D eigenvalue weighted by atomic mass is 9.96. The van der Waals surface area contributed by atoms with Gasteiger partial charge < -0.3 is 11.1 Å². The first-order valence-electron chi connectivity index (χ1n) is 7.53. The number of carbonyl (C=O) groups is 1. The minimum absolute atomic E-state index is 0.00571.